The van der Waals surface area contributed by atoms with Crippen LogP contribution in [0.2, 0.25) is 0 Å². The Morgan fingerprint density at radius 2 is 1.93 bits per heavy atom. The van der Waals surface area contributed by atoms with Crippen molar-refractivity contribution in [2.24, 2.45) is 11.7 Å². The second-order valence-corrected chi connectivity index (χ2v) is 4.86. The van der Waals surface area contributed by atoms with Crippen LogP contribution in [-0.4, -0.2) is 55.1 Å². The molecule has 2 fully saturated rings. The van der Waals surface area contributed by atoms with Gasteiger partial charge in [0.2, 0.25) is 0 Å². The molecule has 2 rings (SSSR count). The predicted molar refractivity (Wildman–Crippen MR) is 59.3 cm³/mol. The van der Waals surface area contributed by atoms with E-state index in [4.69, 9.17) is 5.73 Å². The summed E-state index contributed by atoms with van der Waals surface area (Å²) in [6.45, 7) is 9.73. The van der Waals surface area contributed by atoms with Crippen molar-refractivity contribution in [1.29, 1.82) is 0 Å². The topological polar surface area (TPSA) is 32.5 Å². The van der Waals surface area contributed by atoms with Gasteiger partial charge in [-0.1, -0.05) is 6.92 Å². The van der Waals surface area contributed by atoms with E-state index in [0.29, 0.717) is 6.04 Å². The number of nitrogens with zero attached hydrogens (tertiary/aromatic N) is 2. The van der Waals surface area contributed by atoms with Gasteiger partial charge >= 0.3 is 0 Å². The zero-order valence-corrected chi connectivity index (χ0v) is 9.28. The molecule has 2 aliphatic rings. The lowest BCUT2D eigenvalue weighted by Crippen LogP contribution is -2.32. The van der Waals surface area contributed by atoms with Crippen molar-refractivity contribution in [3.05, 3.63) is 0 Å². The van der Waals surface area contributed by atoms with Crippen LogP contribution in [0.25, 0.3) is 0 Å². The van der Waals surface area contributed by atoms with Gasteiger partial charge in [-0.05, 0) is 38.4 Å². The first-order chi connectivity index (χ1) is 6.78. The van der Waals surface area contributed by atoms with Crippen LogP contribution in [0.3, 0.4) is 0 Å². The van der Waals surface area contributed by atoms with Gasteiger partial charge in [0.1, 0.15) is 0 Å². The molecule has 3 nitrogen and oxygen atoms in total. The minimum atomic E-state index is 0.443. The van der Waals surface area contributed by atoms with E-state index in [1.54, 1.807) is 0 Å². The van der Waals surface area contributed by atoms with Crippen molar-refractivity contribution in [2.45, 2.75) is 25.8 Å². The predicted octanol–water partition coefficient (Wildman–Crippen LogP) is 0.361. The molecule has 2 N–H and O–H groups in total. The zero-order chi connectivity index (χ0) is 9.97. The van der Waals surface area contributed by atoms with Crippen molar-refractivity contribution in [2.75, 3.05) is 39.3 Å². The average Bonchev–Trinajstić information content (AvgIpc) is 2.76. The molecule has 0 saturated carbocycles. The van der Waals surface area contributed by atoms with Crippen molar-refractivity contribution < 1.29 is 0 Å². The van der Waals surface area contributed by atoms with Gasteiger partial charge < -0.3 is 15.5 Å². The van der Waals surface area contributed by atoms with Crippen LogP contribution in [0.5, 0.6) is 0 Å². The molecule has 14 heavy (non-hydrogen) atoms. The summed E-state index contributed by atoms with van der Waals surface area (Å²) in [5.74, 6) is 0.903. The van der Waals surface area contributed by atoms with Gasteiger partial charge in [-0.25, -0.2) is 0 Å². The third kappa shape index (κ3) is 2.47. The summed E-state index contributed by atoms with van der Waals surface area (Å²) in [7, 11) is 0. The molecular weight excluding hydrogens is 174 g/mol. The molecule has 0 bridgehead atoms. The summed E-state index contributed by atoms with van der Waals surface area (Å²) in [4.78, 5) is 5.11. The fraction of sp³-hybridized carbons (Fsp3) is 1.00. The fourth-order valence-corrected chi connectivity index (χ4v) is 2.74. The van der Waals surface area contributed by atoms with Gasteiger partial charge in [-0.3, -0.25) is 0 Å². The Balaban J connectivity index is 1.71. The molecule has 0 aliphatic carbocycles. The van der Waals surface area contributed by atoms with Crippen LogP contribution < -0.4 is 5.73 Å². The number of nitrogens with two attached hydrogens (primary N) is 1. The summed E-state index contributed by atoms with van der Waals surface area (Å²) in [6, 6.07) is 0.443. The van der Waals surface area contributed by atoms with Crippen molar-refractivity contribution >= 4 is 0 Å². The summed E-state index contributed by atoms with van der Waals surface area (Å²) < 4.78 is 0. The summed E-state index contributed by atoms with van der Waals surface area (Å²) >= 11 is 0. The van der Waals surface area contributed by atoms with Crippen molar-refractivity contribution in [3.63, 3.8) is 0 Å². The summed E-state index contributed by atoms with van der Waals surface area (Å²) in [5.41, 5.74) is 5.90. The summed E-state index contributed by atoms with van der Waals surface area (Å²) in [5, 5.41) is 0. The highest BCUT2D eigenvalue weighted by Crippen LogP contribution is 2.19. The zero-order valence-electron chi connectivity index (χ0n) is 9.28. The largest absolute Gasteiger partial charge is 0.326 e. The van der Waals surface area contributed by atoms with E-state index in [2.05, 4.69) is 16.7 Å². The van der Waals surface area contributed by atoms with Crippen molar-refractivity contribution in [1.82, 2.24) is 9.80 Å². The van der Waals surface area contributed by atoms with E-state index in [-0.39, 0.29) is 0 Å². The number of hydrogen-bond donors (Lipinski definition) is 1. The number of likely N-dealkylation sites (tertiary alicyclic amines) is 2. The molecule has 2 unspecified atom stereocenters. The minimum Gasteiger partial charge on any atom is -0.326 e. The normalized spacial score (nSPS) is 35.6. The van der Waals surface area contributed by atoms with E-state index in [0.717, 1.165) is 12.5 Å². The maximum Gasteiger partial charge on any atom is 0.0180 e. The molecule has 3 heteroatoms. The van der Waals surface area contributed by atoms with Crippen LogP contribution in [-0.2, 0) is 0 Å². The fourth-order valence-electron chi connectivity index (χ4n) is 2.74. The molecule has 2 aliphatic heterocycles. The Labute approximate surface area is 87.2 Å². The van der Waals surface area contributed by atoms with Crippen LogP contribution in [0, 0.1) is 5.92 Å². The van der Waals surface area contributed by atoms with E-state index in [1.807, 2.05) is 0 Å². The molecule has 0 aromatic heterocycles. The van der Waals surface area contributed by atoms with E-state index >= 15 is 0 Å². The Morgan fingerprint density at radius 1 is 1.14 bits per heavy atom. The molecular formula is C11H23N3. The molecule has 0 radical (unpaired) electrons. The molecule has 0 aromatic carbocycles. The van der Waals surface area contributed by atoms with Gasteiger partial charge in [0, 0.05) is 25.7 Å². The Kier molecular flexibility index (Phi) is 3.42. The Morgan fingerprint density at radius 3 is 2.50 bits per heavy atom. The highest BCUT2D eigenvalue weighted by molar-refractivity contribution is 4.83. The van der Waals surface area contributed by atoms with Gasteiger partial charge in [-0.15, -0.1) is 0 Å². The smallest absolute Gasteiger partial charge is 0.0180 e. The first kappa shape index (κ1) is 10.4. The lowest BCUT2D eigenvalue weighted by atomic mass is 10.1. The molecule has 0 spiro atoms. The Bertz CT molecular complexity index is 183. The second-order valence-electron chi connectivity index (χ2n) is 4.86. The van der Waals surface area contributed by atoms with E-state index < -0.39 is 0 Å². The standard InChI is InChI=1S/C11H23N3/c1-2-13-5-3-10(7-13)8-14-6-4-11(12)9-14/h10-11H,2-9,12H2,1H3. The molecule has 2 heterocycles. The van der Waals surface area contributed by atoms with Crippen LogP contribution in [0.15, 0.2) is 0 Å². The van der Waals surface area contributed by atoms with Crippen LogP contribution in [0.4, 0.5) is 0 Å². The molecule has 2 atom stereocenters. The highest BCUT2D eigenvalue weighted by atomic mass is 15.2. The third-order valence-electron chi connectivity index (χ3n) is 3.64. The first-order valence-corrected chi connectivity index (χ1v) is 5.98. The quantitative estimate of drug-likeness (QED) is 0.709. The lowest BCUT2D eigenvalue weighted by molar-refractivity contribution is 0.265. The van der Waals surface area contributed by atoms with Gasteiger partial charge in [0.15, 0.2) is 0 Å². The summed E-state index contributed by atoms with van der Waals surface area (Å²) in [6.07, 6.45) is 2.59. The molecule has 0 aromatic rings. The average molecular weight is 197 g/mol. The monoisotopic (exact) mass is 197 g/mol. The maximum absolute atomic E-state index is 5.90. The molecule has 0 amide bonds. The molecule has 82 valence electrons. The number of hydrogen-bond acceptors (Lipinski definition) is 3. The van der Waals surface area contributed by atoms with Crippen molar-refractivity contribution in [3.8, 4) is 0 Å². The van der Waals surface area contributed by atoms with Crippen LogP contribution in [0.1, 0.15) is 19.8 Å². The Hall–Kier alpha value is -0.120. The second kappa shape index (κ2) is 4.60. The highest BCUT2D eigenvalue weighted by Gasteiger charge is 2.26. The van der Waals surface area contributed by atoms with Crippen LogP contribution >= 0.6 is 0 Å². The third-order valence-corrected chi connectivity index (χ3v) is 3.64. The van der Waals surface area contributed by atoms with Gasteiger partial charge in [0.25, 0.3) is 0 Å². The maximum atomic E-state index is 5.90. The SMILES string of the molecule is CCN1CCC(CN2CCC(N)C2)C1. The first-order valence-electron chi connectivity index (χ1n) is 5.98. The van der Waals surface area contributed by atoms with Gasteiger partial charge in [-0.2, -0.15) is 0 Å². The van der Waals surface area contributed by atoms with E-state index in [1.165, 1.54) is 45.6 Å². The van der Waals surface area contributed by atoms with E-state index in [9.17, 15) is 0 Å². The molecule has 2 saturated heterocycles. The number of rotatable bonds is 3. The lowest BCUT2D eigenvalue weighted by Gasteiger charge is -2.20. The van der Waals surface area contributed by atoms with Gasteiger partial charge in [0.05, 0.1) is 0 Å². The minimum absolute atomic E-state index is 0.443.